The highest BCUT2D eigenvalue weighted by Gasteiger charge is 2.03. The molecule has 0 unspecified atom stereocenters. The molecule has 5 heteroatoms. The van der Waals surface area contributed by atoms with Crippen LogP contribution < -0.4 is 15.4 Å². The fraction of sp³-hybridized carbons (Fsp3) is 0.0500. The molecule has 3 aromatic carbocycles. The molecule has 0 aliphatic heterocycles. The lowest BCUT2D eigenvalue weighted by atomic mass is 10.3. The van der Waals surface area contributed by atoms with E-state index in [0.29, 0.717) is 17.1 Å². The Labute approximate surface area is 145 Å². The smallest absolute Gasteiger partial charge is 0.243 e. The minimum absolute atomic E-state index is 0.0912. The highest BCUT2D eigenvalue weighted by Crippen LogP contribution is 2.22. The predicted molar refractivity (Wildman–Crippen MR) is 96.5 cm³/mol. The third-order valence-electron chi connectivity index (χ3n) is 3.41. The van der Waals surface area contributed by atoms with Gasteiger partial charge in [0, 0.05) is 11.4 Å². The number of halogens is 1. The first kappa shape index (κ1) is 16.5. The first-order valence-electron chi connectivity index (χ1n) is 7.81. The van der Waals surface area contributed by atoms with Gasteiger partial charge in [0.1, 0.15) is 17.3 Å². The number of nitrogens with one attached hydrogen (secondary N) is 2. The summed E-state index contributed by atoms with van der Waals surface area (Å²) in [6, 6.07) is 22.4. The van der Waals surface area contributed by atoms with Crippen molar-refractivity contribution >= 4 is 17.3 Å². The Morgan fingerprint density at radius 3 is 2.08 bits per heavy atom. The number of carbonyl (C=O) groups is 1. The predicted octanol–water partition coefficient (Wildman–Crippen LogP) is 4.67. The molecule has 0 fully saturated rings. The molecule has 0 aliphatic rings. The monoisotopic (exact) mass is 336 g/mol. The van der Waals surface area contributed by atoms with Crippen molar-refractivity contribution in [3.05, 3.63) is 84.7 Å². The van der Waals surface area contributed by atoms with Crippen LogP contribution in [0.4, 0.5) is 15.8 Å². The molecule has 0 saturated carbocycles. The Balaban J connectivity index is 1.50. The van der Waals surface area contributed by atoms with Crippen molar-refractivity contribution in [1.29, 1.82) is 0 Å². The third kappa shape index (κ3) is 5.07. The summed E-state index contributed by atoms with van der Waals surface area (Å²) < 4.78 is 18.5. The molecule has 0 spiro atoms. The number of para-hydroxylation sites is 1. The number of rotatable bonds is 6. The van der Waals surface area contributed by atoms with Crippen LogP contribution in [0.2, 0.25) is 0 Å². The second-order valence-corrected chi connectivity index (χ2v) is 5.35. The molecule has 0 radical (unpaired) electrons. The van der Waals surface area contributed by atoms with Crippen molar-refractivity contribution in [2.45, 2.75) is 0 Å². The van der Waals surface area contributed by atoms with Crippen LogP contribution >= 0.6 is 0 Å². The van der Waals surface area contributed by atoms with Gasteiger partial charge in [-0.15, -0.1) is 0 Å². The van der Waals surface area contributed by atoms with Gasteiger partial charge in [-0.05, 0) is 60.7 Å². The van der Waals surface area contributed by atoms with Gasteiger partial charge in [0.25, 0.3) is 0 Å². The van der Waals surface area contributed by atoms with Crippen molar-refractivity contribution in [2.24, 2.45) is 0 Å². The fourth-order valence-electron chi connectivity index (χ4n) is 2.19. The zero-order chi connectivity index (χ0) is 17.5. The summed E-state index contributed by atoms with van der Waals surface area (Å²) in [5.41, 5.74) is 1.36. The third-order valence-corrected chi connectivity index (χ3v) is 3.41. The van der Waals surface area contributed by atoms with Gasteiger partial charge in [-0.25, -0.2) is 4.39 Å². The lowest BCUT2D eigenvalue weighted by molar-refractivity contribution is -0.114. The Morgan fingerprint density at radius 1 is 0.800 bits per heavy atom. The molecule has 126 valence electrons. The van der Waals surface area contributed by atoms with Crippen molar-refractivity contribution in [3.63, 3.8) is 0 Å². The van der Waals surface area contributed by atoms with Crippen LogP contribution in [0.5, 0.6) is 11.5 Å². The molecule has 0 aliphatic carbocycles. The van der Waals surface area contributed by atoms with E-state index in [-0.39, 0.29) is 18.3 Å². The normalized spacial score (nSPS) is 10.1. The quantitative estimate of drug-likeness (QED) is 0.688. The van der Waals surface area contributed by atoms with Gasteiger partial charge >= 0.3 is 0 Å². The minimum Gasteiger partial charge on any atom is -0.457 e. The maximum Gasteiger partial charge on any atom is 0.243 e. The van der Waals surface area contributed by atoms with Crippen LogP contribution in [0.15, 0.2) is 78.9 Å². The molecule has 2 N–H and O–H groups in total. The number of amides is 1. The van der Waals surface area contributed by atoms with Crippen LogP contribution in [-0.2, 0) is 4.79 Å². The van der Waals surface area contributed by atoms with Crippen LogP contribution in [0.1, 0.15) is 0 Å². The summed E-state index contributed by atoms with van der Waals surface area (Å²) >= 11 is 0. The van der Waals surface area contributed by atoms with Crippen LogP contribution in [0, 0.1) is 5.82 Å². The van der Waals surface area contributed by atoms with E-state index in [9.17, 15) is 9.18 Å². The largest absolute Gasteiger partial charge is 0.457 e. The summed E-state index contributed by atoms with van der Waals surface area (Å²) in [4.78, 5) is 11.9. The summed E-state index contributed by atoms with van der Waals surface area (Å²) in [7, 11) is 0. The average Bonchev–Trinajstić information content (AvgIpc) is 2.64. The van der Waals surface area contributed by atoms with E-state index in [4.69, 9.17) is 4.74 Å². The molecule has 3 rings (SSSR count). The van der Waals surface area contributed by atoms with Crippen molar-refractivity contribution < 1.29 is 13.9 Å². The molecular weight excluding hydrogens is 319 g/mol. The van der Waals surface area contributed by atoms with E-state index in [1.165, 1.54) is 12.1 Å². The van der Waals surface area contributed by atoms with E-state index in [0.717, 1.165) is 5.75 Å². The number of hydrogen-bond donors (Lipinski definition) is 2. The lowest BCUT2D eigenvalue weighted by Crippen LogP contribution is -2.21. The first-order valence-corrected chi connectivity index (χ1v) is 7.81. The molecular formula is C20H17FN2O2. The summed E-state index contributed by atoms with van der Waals surface area (Å²) in [5, 5.41) is 5.72. The summed E-state index contributed by atoms with van der Waals surface area (Å²) in [6.07, 6.45) is 0. The highest BCUT2D eigenvalue weighted by atomic mass is 19.1. The lowest BCUT2D eigenvalue weighted by Gasteiger charge is -2.09. The Morgan fingerprint density at radius 2 is 1.40 bits per heavy atom. The van der Waals surface area contributed by atoms with Crippen molar-refractivity contribution in [2.75, 3.05) is 17.2 Å². The Hall–Kier alpha value is -3.34. The molecule has 0 aromatic heterocycles. The maximum absolute atomic E-state index is 12.8. The van der Waals surface area contributed by atoms with E-state index < -0.39 is 0 Å². The van der Waals surface area contributed by atoms with Crippen LogP contribution in [-0.4, -0.2) is 12.5 Å². The summed E-state index contributed by atoms with van der Waals surface area (Å²) in [6.45, 7) is 0.0912. The Kier molecular flexibility index (Phi) is 5.26. The van der Waals surface area contributed by atoms with Gasteiger partial charge in [0.2, 0.25) is 5.91 Å². The SMILES string of the molecule is O=C(CNc1ccc(F)cc1)Nc1ccc(Oc2ccccc2)cc1. The molecule has 0 bridgehead atoms. The fourth-order valence-corrected chi connectivity index (χ4v) is 2.19. The van der Waals surface area contributed by atoms with Gasteiger partial charge in [-0.1, -0.05) is 18.2 Å². The van der Waals surface area contributed by atoms with Crippen LogP contribution in [0.3, 0.4) is 0 Å². The molecule has 1 amide bonds. The standard InChI is InChI=1S/C20H17FN2O2/c21-15-6-8-16(9-7-15)22-14-20(24)23-17-10-12-19(13-11-17)25-18-4-2-1-3-5-18/h1-13,22H,14H2,(H,23,24). The second-order valence-electron chi connectivity index (χ2n) is 5.35. The van der Waals surface area contributed by atoms with Crippen molar-refractivity contribution in [1.82, 2.24) is 0 Å². The molecule has 0 heterocycles. The number of benzene rings is 3. The molecule has 3 aromatic rings. The van der Waals surface area contributed by atoms with Gasteiger partial charge in [-0.3, -0.25) is 4.79 Å². The molecule has 0 saturated heterocycles. The summed E-state index contributed by atoms with van der Waals surface area (Å²) in [5.74, 6) is 0.935. The van der Waals surface area contributed by atoms with E-state index in [1.54, 1.807) is 36.4 Å². The number of anilines is 2. The van der Waals surface area contributed by atoms with Crippen molar-refractivity contribution in [3.8, 4) is 11.5 Å². The Bertz CT molecular complexity index is 819. The van der Waals surface area contributed by atoms with Gasteiger partial charge in [0.05, 0.1) is 6.54 Å². The minimum atomic E-state index is -0.312. The molecule has 4 nitrogen and oxygen atoms in total. The second kappa shape index (κ2) is 7.97. The van der Waals surface area contributed by atoms with Gasteiger partial charge in [-0.2, -0.15) is 0 Å². The zero-order valence-corrected chi connectivity index (χ0v) is 13.4. The molecule has 25 heavy (non-hydrogen) atoms. The average molecular weight is 336 g/mol. The van der Waals surface area contributed by atoms with E-state index in [2.05, 4.69) is 10.6 Å². The number of carbonyl (C=O) groups excluding carboxylic acids is 1. The topological polar surface area (TPSA) is 50.4 Å². The van der Waals surface area contributed by atoms with Crippen LogP contribution in [0.25, 0.3) is 0 Å². The van der Waals surface area contributed by atoms with Gasteiger partial charge < -0.3 is 15.4 Å². The molecule has 0 atom stereocenters. The maximum atomic E-state index is 12.8. The van der Waals surface area contributed by atoms with Gasteiger partial charge in [0.15, 0.2) is 0 Å². The van der Waals surface area contributed by atoms with E-state index in [1.807, 2.05) is 30.3 Å². The first-order chi connectivity index (χ1) is 12.2. The highest BCUT2D eigenvalue weighted by molar-refractivity contribution is 5.93. The number of hydrogen-bond acceptors (Lipinski definition) is 3. The zero-order valence-electron chi connectivity index (χ0n) is 13.4. The van der Waals surface area contributed by atoms with E-state index >= 15 is 0 Å². The number of ether oxygens (including phenoxy) is 1.